The third-order valence-corrected chi connectivity index (χ3v) is 7.67. The molecule has 0 heterocycles. The Balaban J connectivity index is 0.000000275. The van der Waals surface area contributed by atoms with Crippen LogP contribution in [0, 0.1) is 40.4 Å². The number of rotatable bonds is 1. The van der Waals surface area contributed by atoms with Crippen LogP contribution in [-0.4, -0.2) is 0 Å². The van der Waals surface area contributed by atoms with E-state index < -0.39 is 0 Å². The van der Waals surface area contributed by atoms with Crippen LogP contribution in [0.4, 0.5) is 0 Å². The number of hydrogen-bond acceptors (Lipinski definition) is 0. The highest BCUT2D eigenvalue weighted by molar-refractivity contribution is 5.32. The molecule has 4 rings (SSSR count). The largest absolute Gasteiger partial charge is 0.107 e. The fraction of sp³-hybridized carbons (Fsp3) is 0.568. The number of benzene rings is 2. The zero-order valence-corrected chi connectivity index (χ0v) is 26.0. The Morgan fingerprint density at radius 3 is 1.38 bits per heavy atom. The van der Waals surface area contributed by atoms with Crippen LogP contribution in [-0.2, 0) is 25.7 Å². The number of allylic oxidation sites excluding steroid dienone is 2. The molecule has 2 aromatic rings. The molecule has 0 saturated carbocycles. The molecule has 0 aromatic heterocycles. The molecule has 0 bridgehead atoms. The molecule has 37 heavy (non-hydrogen) atoms. The van der Waals surface area contributed by atoms with Gasteiger partial charge in [0.1, 0.15) is 0 Å². The fourth-order valence-electron chi connectivity index (χ4n) is 4.99. The summed E-state index contributed by atoms with van der Waals surface area (Å²) in [4.78, 5) is 0. The van der Waals surface area contributed by atoms with E-state index in [1.807, 2.05) is 20.8 Å². The van der Waals surface area contributed by atoms with Gasteiger partial charge in [-0.1, -0.05) is 116 Å². The minimum atomic E-state index is 0.457. The van der Waals surface area contributed by atoms with Crippen LogP contribution < -0.4 is 0 Å². The Bertz CT molecular complexity index is 964. The van der Waals surface area contributed by atoms with Crippen molar-refractivity contribution in [3.8, 4) is 11.8 Å². The molecule has 204 valence electrons. The molecule has 0 aliphatic heterocycles. The molecule has 0 heteroatoms. The molecule has 2 aliphatic carbocycles. The summed E-state index contributed by atoms with van der Waals surface area (Å²) in [5, 5.41) is 0. The molecular formula is C37H56. The van der Waals surface area contributed by atoms with Gasteiger partial charge in [-0.05, 0) is 104 Å². The standard InChI is InChI=1S/C14H20.C13H18.C6H12.C4H6/c1-14(2,3)13-9-8-11-6-4-5-7-12(11)10-13;1-13(2,3)12-8-10-6-4-5-7-11(10)9-12;1-4-5-6(2)3;1-3-4-2/h4-7,13H,8-10H2,1-3H3;4-7,12H,8-9H2,1-3H3;4-6H,1-3H3;1-2H3/b;;5-4+;. The lowest BCUT2D eigenvalue weighted by atomic mass is 9.71. The van der Waals surface area contributed by atoms with Gasteiger partial charge in [0.2, 0.25) is 0 Å². The second kappa shape index (κ2) is 15.9. The fourth-order valence-corrected chi connectivity index (χ4v) is 4.99. The maximum Gasteiger partial charge on any atom is -0.00271 e. The summed E-state index contributed by atoms with van der Waals surface area (Å²) in [5.41, 5.74) is 7.23. The molecular weight excluding hydrogens is 444 g/mol. The lowest BCUT2D eigenvalue weighted by Crippen LogP contribution is -2.26. The van der Waals surface area contributed by atoms with Gasteiger partial charge in [-0.15, -0.1) is 11.8 Å². The van der Waals surface area contributed by atoms with Gasteiger partial charge in [0, 0.05) is 0 Å². The molecule has 0 N–H and O–H groups in total. The van der Waals surface area contributed by atoms with Gasteiger partial charge in [0.15, 0.2) is 0 Å². The SMILES string of the molecule is C/C=C/C(C)C.CC#CC.CC(C)(C)C1CCc2ccccc2C1.CC(C)(C)C1Cc2ccccc2C1. The third kappa shape index (κ3) is 12.2. The van der Waals surface area contributed by atoms with Crippen LogP contribution in [0.3, 0.4) is 0 Å². The van der Waals surface area contributed by atoms with Crippen molar-refractivity contribution in [3.05, 3.63) is 82.9 Å². The quantitative estimate of drug-likeness (QED) is 0.270. The summed E-state index contributed by atoms with van der Waals surface area (Å²) in [6.07, 6.45) is 10.7. The van der Waals surface area contributed by atoms with Crippen molar-refractivity contribution in [2.75, 3.05) is 0 Å². The molecule has 0 nitrogen and oxygen atoms in total. The molecule has 0 radical (unpaired) electrons. The predicted octanol–water partition coefficient (Wildman–Crippen LogP) is 10.5. The predicted molar refractivity (Wildman–Crippen MR) is 167 cm³/mol. The van der Waals surface area contributed by atoms with Gasteiger partial charge in [-0.2, -0.15) is 0 Å². The lowest BCUT2D eigenvalue weighted by Gasteiger charge is -2.34. The average molecular weight is 501 g/mol. The summed E-state index contributed by atoms with van der Waals surface area (Å²) in [6, 6.07) is 17.8. The second-order valence-electron chi connectivity index (χ2n) is 13.1. The monoisotopic (exact) mass is 500 g/mol. The van der Waals surface area contributed by atoms with Crippen LogP contribution >= 0.6 is 0 Å². The maximum absolute atomic E-state index is 2.68. The van der Waals surface area contributed by atoms with E-state index in [1.54, 1.807) is 22.3 Å². The van der Waals surface area contributed by atoms with Crippen LogP contribution in [0.5, 0.6) is 0 Å². The van der Waals surface area contributed by atoms with Gasteiger partial charge >= 0.3 is 0 Å². The van der Waals surface area contributed by atoms with Crippen LogP contribution in [0.2, 0.25) is 0 Å². The Kier molecular flexibility index (Phi) is 14.1. The van der Waals surface area contributed by atoms with Crippen LogP contribution in [0.15, 0.2) is 60.7 Å². The Morgan fingerprint density at radius 1 is 0.676 bits per heavy atom. The number of fused-ring (bicyclic) bond motifs is 2. The van der Waals surface area contributed by atoms with Crippen molar-refractivity contribution in [1.29, 1.82) is 0 Å². The Labute approximate surface area is 231 Å². The summed E-state index contributed by atoms with van der Waals surface area (Å²) in [5.74, 6) is 7.78. The first-order chi connectivity index (χ1) is 17.3. The minimum absolute atomic E-state index is 0.457. The highest BCUT2D eigenvalue weighted by atomic mass is 14.4. The van der Waals surface area contributed by atoms with Crippen molar-refractivity contribution >= 4 is 0 Å². The molecule has 2 aliphatic rings. The molecule has 1 unspecified atom stereocenters. The van der Waals surface area contributed by atoms with Crippen LogP contribution in [0.25, 0.3) is 0 Å². The van der Waals surface area contributed by atoms with Crippen molar-refractivity contribution in [3.63, 3.8) is 0 Å². The van der Waals surface area contributed by atoms with E-state index in [9.17, 15) is 0 Å². The topological polar surface area (TPSA) is 0 Å². The normalized spacial score (nSPS) is 16.6. The van der Waals surface area contributed by atoms with Crippen LogP contribution in [0.1, 0.15) is 105 Å². The summed E-state index contributed by atoms with van der Waals surface area (Å²) >= 11 is 0. The summed E-state index contributed by atoms with van der Waals surface area (Å²) < 4.78 is 0. The molecule has 0 saturated heterocycles. The highest BCUT2D eigenvalue weighted by Crippen LogP contribution is 2.38. The second-order valence-corrected chi connectivity index (χ2v) is 13.1. The van der Waals surface area contributed by atoms with E-state index in [2.05, 4.69) is 128 Å². The number of aryl methyl sites for hydroxylation is 1. The van der Waals surface area contributed by atoms with E-state index in [1.165, 1.54) is 32.1 Å². The zero-order chi connectivity index (χ0) is 28.1. The Morgan fingerprint density at radius 2 is 1.05 bits per heavy atom. The first kappa shape index (κ1) is 32.8. The summed E-state index contributed by atoms with van der Waals surface area (Å²) in [7, 11) is 0. The lowest BCUT2D eigenvalue weighted by molar-refractivity contribution is 0.216. The molecule has 0 amide bonds. The third-order valence-electron chi connectivity index (χ3n) is 7.67. The van der Waals surface area contributed by atoms with Gasteiger partial charge in [0.05, 0.1) is 0 Å². The van der Waals surface area contributed by atoms with Crippen molar-refractivity contribution in [2.45, 2.75) is 108 Å². The Hall–Kier alpha value is -2.26. The van der Waals surface area contributed by atoms with E-state index in [-0.39, 0.29) is 0 Å². The van der Waals surface area contributed by atoms with Gasteiger partial charge in [-0.25, -0.2) is 0 Å². The average Bonchev–Trinajstić information content (AvgIpc) is 3.29. The molecule has 0 spiro atoms. The molecule has 2 aromatic carbocycles. The van der Waals surface area contributed by atoms with Gasteiger partial charge in [0.25, 0.3) is 0 Å². The number of hydrogen-bond donors (Lipinski definition) is 0. The van der Waals surface area contributed by atoms with Crippen molar-refractivity contribution < 1.29 is 0 Å². The van der Waals surface area contributed by atoms with Crippen molar-refractivity contribution in [2.24, 2.45) is 28.6 Å². The first-order valence-electron chi connectivity index (χ1n) is 14.4. The molecule has 0 fully saturated rings. The molecule has 1 atom stereocenters. The van der Waals surface area contributed by atoms with Gasteiger partial charge < -0.3 is 0 Å². The summed E-state index contributed by atoms with van der Waals surface area (Å²) in [6.45, 7) is 24.2. The highest BCUT2D eigenvalue weighted by Gasteiger charge is 2.30. The zero-order valence-electron chi connectivity index (χ0n) is 26.0. The van der Waals surface area contributed by atoms with Gasteiger partial charge in [-0.3, -0.25) is 0 Å². The smallest absolute Gasteiger partial charge is 0.00271 e. The maximum atomic E-state index is 2.68. The van der Waals surface area contributed by atoms with E-state index in [4.69, 9.17) is 0 Å². The van der Waals surface area contributed by atoms with Crippen molar-refractivity contribution in [1.82, 2.24) is 0 Å². The minimum Gasteiger partial charge on any atom is -0.107 e. The van der Waals surface area contributed by atoms with E-state index in [0.717, 1.165) is 17.8 Å². The first-order valence-corrected chi connectivity index (χ1v) is 14.4. The van der Waals surface area contributed by atoms with E-state index >= 15 is 0 Å². The van der Waals surface area contributed by atoms with E-state index in [0.29, 0.717) is 10.8 Å².